The molecule has 1 unspecified atom stereocenters. The van der Waals surface area contributed by atoms with Gasteiger partial charge in [-0.3, -0.25) is 0 Å². The zero-order valence-electron chi connectivity index (χ0n) is 11.9. The number of amides is 1. The normalized spacial score (nSPS) is 28.3. The summed E-state index contributed by atoms with van der Waals surface area (Å²) < 4.78 is 42.6. The summed E-state index contributed by atoms with van der Waals surface area (Å²) in [5.41, 5.74) is 0.433. The van der Waals surface area contributed by atoms with Crippen LogP contribution in [0.1, 0.15) is 30.9 Å². The summed E-state index contributed by atoms with van der Waals surface area (Å²) in [5.74, 6) is -1.90. The van der Waals surface area contributed by atoms with Crippen LogP contribution in [0.3, 0.4) is 0 Å². The van der Waals surface area contributed by atoms with Crippen molar-refractivity contribution in [1.82, 2.24) is 5.32 Å². The number of nitrogens with one attached hydrogen (secondary N) is 1. The van der Waals surface area contributed by atoms with Crippen LogP contribution in [0.15, 0.2) is 18.2 Å². The average molecular weight is 313 g/mol. The molecule has 2 heterocycles. The monoisotopic (exact) mass is 313 g/mol. The van der Waals surface area contributed by atoms with E-state index < -0.39 is 29.9 Å². The molecule has 2 aliphatic rings. The second kappa shape index (κ2) is 6.58. The molecule has 3 rings (SSSR count). The highest BCUT2D eigenvalue weighted by Crippen LogP contribution is 2.27. The standard InChI is InChI=1S/C15H17F2NO4/c16-10-5-4-9(7-11(10)17)14-12(22-15(19)18-14)8-21-13-3-1-2-6-20-13/h4-5,7,12-14H,1-3,6,8H2,(H,18,19)/t12-,13?,14-/m0/s1. The van der Waals surface area contributed by atoms with Crippen molar-refractivity contribution in [3.05, 3.63) is 35.4 Å². The molecule has 0 aliphatic carbocycles. The van der Waals surface area contributed by atoms with Gasteiger partial charge in [-0.25, -0.2) is 13.6 Å². The van der Waals surface area contributed by atoms with Gasteiger partial charge in [0.2, 0.25) is 0 Å². The van der Waals surface area contributed by atoms with Gasteiger partial charge in [0.1, 0.15) is 0 Å². The summed E-state index contributed by atoms with van der Waals surface area (Å²) in [5, 5.41) is 2.58. The maximum Gasteiger partial charge on any atom is 0.408 e. The Hall–Kier alpha value is -1.73. The van der Waals surface area contributed by atoms with Crippen molar-refractivity contribution in [1.29, 1.82) is 0 Å². The van der Waals surface area contributed by atoms with E-state index in [2.05, 4.69) is 5.32 Å². The molecule has 1 amide bonds. The Kier molecular flexibility index (Phi) is 4.54. The largest absolute Gasteiger partial charge is 0.441 e. The van der Waals surface area contributed by atoms with E-state index in [1.54, 1.807) is 0 Å². The van der Waals surface area contributed by atoms with E-state index in [1.165, 1.54) is 6.07 Å². The molecule has 1 N–H and O–H groups in total. The van der Waals surface area contributed by atoms with Gasteiger partial charge in [-0.05, 0) is 37.0 Å². The fraction of sp³-hybridized carbons (Fsp3) is 0.533. The summed E-state index contributed by atoms with van der Waals surface area (Å²) in [6, 6.07) is 2.92. The summed E-state index contributed by atoms with van der Waals surface area (Å²) in [4.78, 5) is 11.5. The fourth-order valence-corrected chi connectivity index (χ4v) is 2.64. The van der Waals surface area contributed by atoms with Crippen LogP contribution in [0.2, 0.25) is 0 Å². The first-order valence-electron chi connectivity index (χ1n) is 7.29. The lowest BCUT2D eigenvalue weighted by Crippen LogP contribution is -2.30. The first kappa shape index (κ1) is 15.2. The van der Waals surface area contributed by atoms with Crippen LogP contribution in [0.4, 0.5) is 13.6 Å². The van der Waals surface area contributed by atoms with E-state index in [4.69, 9.17) is 14.2 Å². The number of benzene rings is 1. The molecule has 22 heavy (non-hydrogen) atoms. The maximum absolute atomic E-state index is 13.4. The minimum absolute atomic E-state index is 0.132. The molecule has 0 aromatic heterocycles. The summed E-state index contributed by atoms with van der Waals surface area (Å²) in [6.45, 7) is 0.785. The molecule has 0 radical (unpaired) electrons. The molecule has 0 bridgehead atoms. The van der Waals surface area contributed by atoms with Crippen molar-refractivity contribution in [3.8, 4) is 0 Å². The number of alkyl carbamates (subject to hydrolysis) is 1. The molecule has 2 aliphatic heterocycles. The number of carbonyl (C=O) groups is 1. The van der Waals surface area contributed by atoms with E-state index in [9.17, 15) is 13.6 Å². The van der Waals surface area contributed by atoms with Gasteiger partial charge in [0.15, 0.2) is 24.0 Å². The predicted octanol–water partition coefficient (Wildman–Crippen LogP) is 2.66. The molecule has 1 aromatic carbocycles. The molecule has 0 spiro atoms. The third-order valence-corrected chi connectivity index (χ3v) is 3.79. The number of hydrogen-bond acceptors (Lipinski definition) is 4. The van der Waals surface area contributed by atoms with Crippen LogP contribution < -0.4 is 5.32 Å². The third-order valence-electron chi connectivity index (χ3n) is 3.79. The van der Waals surface area contributed by atoms with Gasteiger partial charge in [-0.15, -0.1) is 0 Å². The van der Waals surface area contributed by atoms with Crippen LogP contribution in [0.5, 0.6) is 0 Å². The molecular weight excluding hydrogens is 296 g/mol. The van der Waals surface area contributed by atoms with Gasteiger partial charge < -0.3 is 19.5 Å². The zero-order valence-corrected chi connectivity index (χ0v) is 11.9. The maximum atomic E-state index is 13.4. The lowest BCUT2D eigenvalue weighted by molar-refractivity contribution is -0.174. The highest BCUT2D eigenvalue weighted by molar-refractivity contribution is 5.70. The molecule has 2 saturated heterocycles. The van der Waals surface area contributed by atoms with Crippen LogP contribution in [-0.4, -0.2) is 31.7 Å². The topological polar surface area (TPSA) is 56.8 Å². The van der Waals surface area contributed by atoms with E-state index in [-0.39, 0.29) is 12.9 Å². The number of cyclic esters (lactones) is 1. The minimum atomic E-state index is -0.964. The number of halogens is 2. The molecule has 7 heteroatoms. The molecule has 2 fully saturated rings. The van der Waals surface area contributed by atoms with Crippen molar-refractivity contribution >= 4 is 6.09 Å². The SMILES string of the molecule is O=C1N[C@@H](c2ccc(F)c(F)c2)[C@H](COC2CCCCO2)O1. The van der Waals surface area contributed by atoms with Crippen LogP contribution >= 0.6 is 0 Å². The highest BCUT2D eigenvalue weighted by Gasteiger charge is 2.36. The van der Waals surface area contributed by atoms with Gasteiger partial charge in [0.25, 0.3) is 0 Å². The Morgan fingerprint density at radius 3 is 2.86 bits per heavy atom. The molecular formula is C15H17F2NO4. The van der Waals surface area contributed by atoms with Crippen molar-refractivity contribution in [2.24, 2.45) is 0 Å². The van der Waals surface area contributed by atoms with Gasteiger partial charge in [0.05, 0.1) is 12.6 Å². The number of carbonyl (C=O) groups excluding carboxylic acids is 1. The Morgan fingerprint density at radius 1 is 1.27 bits per heavy atom. The van der Waals surface area contributed by atoms with E-state index in [1.807, 2.05) is 0 Å². The third kappa shape index (κ3) is 3.36. The average Bonchev–Trinajstić information content (AvgIpc) is 2.90. The van der Waals surface area contributed by atoms with Crippen LogP contribution in [0, 0.1) is 11.6 Å². The van der Waals surface area contributed by atoms with Gasteiger partial charge >= 0.3 is 6.09 Å². The molecule has 5 nitrogen and oxygen atoms in total. The van der Waals surface area contributed by atoms with Gasteiger partial charge in [-0.1, -0.05) is 6.07 Å². The van der Waals surface area contributed by atoms with Crippen LogP contribution in [0.25, 0.3) is 0 Å². The number of rotatable bonds is 4. The highest BCUT2D eigenvalue weighted by atomic mass is 19.2. The lowest BCUT2D eigenvalue weighted by atomic mass is 10.0. The van der Waals surface area contributed by atoms with E-state index in [0.29, 0.717) is 12.2 Å². The Balaban J connectivity index is 1.66. The van der Waals surface area contributed by atoms with E-state index >= 15 is 0 Å². The van der Waals surface area contributed by atoms with Crippen molar-refractivity contribution in [2.45, 2.75) is 37.7 Å². The Bertz CT molecular complexity index is 548. The molecule has 1 aromatic rings. The van der Waals surface area contributed by atoms with E-state index in [0.717, 1.165) is 31.4 Å². The van der Waals surface area contributed by atoms with Crippen LogP contribution in [-0.2, 0) is 14.2 Å². The van der Waals surface area contributed by atoms with Crippen molar-refractivity contribution < 1.29 is 27.8 Å². The first-order chi connectivity index (χ1) is 10.6. The summed E-state index contributed by atoms with van der Waals surface area (Å²) in [7, 11) is 0. The minimum Gasteiger partial charge on any atom is -0.441 e. The summed E-state index contributed by atoms with van der Waals surface area (Å²) in [6.07, 6.45) is 1.32. The zero-order chi connectivity index (χ0) is 15.5. The number of ether oxygens (including phenoxy) is 3. The first-order valence-corrected chi connectivity index (χ1v) is 7.29. The Morgan fingerprint density at radius 2 is 2.14 bits per heavy atom. The van der Waals surface area contributed by atoms with Crippen molar-refractivity contribution in [3.63, 3.8) is 0 Å². The molecule has 120 valence electrons. The predicted molar refractivity (Wildman–Crippen MR) is 72.0 cm³/mol. The quantitative estimate of drug-likeness (QED) is 0.928. The molecule has 0 saturated carbocycles. The second-order valence-corrected chi connectivity index (χ2v) is 5.37. The molecule has 3 atom stereocenters. The second-order valence-electron chi connectivity index (χ2n) is 5.37. The van der Waals surface area contributed by atoms with Gasteiger partial charge in [-0.2, -0.15) is 0 Å². The fourth-order valence-electron chi connectivity index (χ4n) is 2.64. The lowest BCUT2D eigenvalue weighted by Gasteiger charge is -2.25. The van der Waals surface area contributed by atoms with Gasteiger partial charge in [0, 0.05) is 6.61 Å². The smallest absolute Gasteiger partial charge is 0.408 e. The Labute approximate surface area is 126 Å². The van der Waals surface area contributed by atoms with Crippen molar-refractivity contribution in [2.75, 3.05) is 13.2 Å². The summed E-state index contributed by atoms with van der Waals surface area (Å²) >= 11 is 0. The number of hydrogen-bond donors (Lipinski definition) is 1.